The summed E-state index contributed by atoms with van der Waals surface area (Å²) in [5, 5.41) is 0. The predicted molar refractivity (Wildman–Crippen MR) is 73.9 cm³/mol. The molecule has 112 valence electrons. The zero-order valence-electron chi connectivity index (χ0n) is 11.6. The van der Waals surface area contributed by atoms with Crippen LogP contribution in [0.3, 0.4) is 0 Å². The van der Waals surface area contributed by atoms with Gasteiger partial charge in [-0.1, -0.05) is 6.42 Å². The van der Waals surface area contributed by atoms with Gasteiger partial charge < -0.3 is 10.5 Å². The van der Waals surface area contributed by atoms with Crippen LogP contribution in [-0.4, -0.2) is 62.5 Å². The fraction of sp³-hybridized carbons (Fsp3) is 1.00. The zero-order valence-corrected chi connectivity index (χ0v) is 12.4. The lowest BCUT2D eigenvalue weighted by Gasteiger charge is -2.39. The van der Waals surface area contributed by atoms with Gasteiger partial charge in [0.2, 0.25) is 0 Å². The third-order valence-electron chi connectivity index (χ3n) is 4.21. The summed E-state index contributed by atoms with van der Waals surface area (Å²) in [6.45, 7) is 2.29. The monoisotopic (exact) mass is 291 g/mol. The van der Waals surface area contributed by atoms with E-state index in [9.17, 15) is 8.42 Å². The van der Waals surface area contributed by atoms with Crippen molar-refractivity contribution in [2.75, 3.05) is 33.4 Å². The zero-order chi connectivity index (χ0) is 13.9. The standard InChI is InChI=1S/C12H25N3O3S/c1-14(11-5-8-18-9-6-11)19(16,17)15-7-3-2-4-12(15)10-13/h11-12H,2-10,13H2,1H3. The second-order valence-corrected chi connectivity index (χ2v) is 7.30. The molecule has 2 aliphatic heterocycles. The highest BCUT2D eigenvalue weighted by Gasteiger charge is 2.37. The molecule has 7 heteroatoms. The average Bonchev–Trinajstić information content (AvgIpc) is 2.47. The van der Waals surface area contributed by atoms with Gasteiger partial charge in [0.1, 0.15) is 0 Å². The molecule has 1 atom stereocenters. The minimum Gasteiger partial charge on any atom is -0.381 e. The molecule has 6 nitrogen and oxygen atoms in total. The average molecular weight is 291 g/mol. The topological polar surface area (TPSA) is 75.9 Å². The van der Waals surface area contributed by atoms with Gasteiger partial charge in [0.05, 0.1) is 0 Å². The van der Waals surface area contributed by atoms with E-state index in [1.165, 1.54) is 4.31 Å². The van der Waals surface area contributed by atoms with Gasteiger partial charge >= 0.3 is 0 Å². The molecule has 19 heavy (non-hydrogen) atoms. The molecule has 0 radical (unpaired) electrons. The van der Waals surface area contributed by atoms with Gasteiger partial charge in [0.15, 0.2) is 0 Å². The van der Waals surface area contributed by atoms with Crippen LogP contribution in [0.4, 0.5) is 0 Å². The molecule has 2 rings (SSSR count). The molecule has 2 heterocycles. The Morgan fingerprint density at radius 2 is 1.95 bits per heavy atom. The Bertz CT molecular complexity index is 382. The van der Waals surface area contributed by atoms with Crippen molar-refractivity contribution in [3.05, 3.63) is 0 Å². The predicted octanol–water partition coefficient (Wildman–Crippen LogP) is 0.155. The van der Waals surface area contributed by atoms with E-state index in [0.29, 0.717) is 26.3 Å². The number of rotatable bonds is 4. The van der Waals surface area contributed by atoms with E-state index in [0.717, 1.165) is 32.1 Å². The van der Waals surface area contributed by atoms with Crippen LogP contribution in [0.5, 0.6) is 0 Å². The summed E-state index contributed by atoms with van der Waals surface area (Å²) in [6, 6.07) is 0.0140. The van der Waals surface area contributed by atoms with Gasteiger partial charge in [-0.2, -0.15) is 17.0 Å². The lowest BCUT2D eigenvalue weighted by atomic mass is 10.1. The summed E-state index contributed by atoms with van der Waals surface area (Å²) in [4.78, 5) is 0. The molecular weight excluding hydrogens is 266 g/mol. The lowest BCUT2D eigenvalue weighted by molar-refractivity contribution is 0.0609. The maximum absolute atomic E-state index is 12.7. The number of hydrogen-bond acceptors (Lipinski definition) is 4. The molecule has 0 aromatic carbocycles. The summed E-state index contributed by atoms with van der Waals surface area (Å²) < 4.78 is 33.8. The highest BCUT2D eigenvalue weighted by atomic mass is 32.2. The minimum absolute atomic E-state index is 0.0407. The first kappa shape index (κ1) is 15.2. The van der Waals surface area contributed by atoms with Crippen molar-refractivity contribution >= 4 is 10.2 Å². The molecule has 2 aliphatic rings. The van der Waals surface area contributed by atoms with Crippen LogP contribution in [0.25, 0.3) is 0 Å². The van der Waals surface area contributed by atoms with Crippen molar-refractivity contribution < 1.29 is 13.2 Å². The van der Waals surface area contributed by atoms with Gasteiger partial charge in [-0.25, -0.2) is 0 Å². The van der Waals surface area contributed by atoms with Crippen molar-refractivity contribution in [1.29, 1.82) is 0 Å². The summed E-state index contributed by atoms with van der Waals surface area (Å²) in [7, 11) is -1.70. The third-order valence-corrected chi connectivity index (χ3v) is 6.31. The van der Waals surface area contributed by atoms with Crippen LogP contribution in [0, 0.1) is 0 Å². The van der Waals surface area contributed by atoms with Gasteiger partial charge in [-0.15, -0.1) is 0 Å². The number of ether oxygens (including phenoxy) is 1. The Morgan fingerprint density at radius 3 is 2.58 bits per heavy atom. The molecule has 0 aliphatic carbocycles. The number of nitrogens with zero attached hydrogens (tertiary/aromatic N) is 2. The molecule has 2 N–H and O–H groups in total. The molecular formula is C12H25N3O3S. The van der Waals surface area contributed by atoms with E-state index in [1.807, 2.05) is 0 Å². The Labute approximate surface area is 116 Å². The SMILES string of the molecule is CN(C1CCOCC1)S(=O)(=O)N1CCCCC1CN. The number of hydrogen-bond donors (Lipinski definition) is 1. The first-order valence-electron chi connectivity index (χ1n) is 7.10. The van der Waals surface area contributed by atoms with Crippen molar-refractivity contribution in [3.63, 3.8) is 0 Å². The summed E-state index contributed by atoms with van der Waals surface area (Å²) in [5.41, 5.74) is 5.72. The van der Waals surface area contributed by atoms with Crippen LogP contribution >= 0.6 is 0 Å². The van der Waals surface area contributed by atoms with E-state index in [1.54, 1.807) is 11.4 Å². The molecule has 0 aromatic heterocycles. The Morgan fingerprint density at radius 1 is 1.26 bits per heavy atom. The van der Waals surface area contributed by atoms with Gasteiger partial charge in [0, 0.05) is 45.4 Å². The number of nitrogens with two attached hydrogens (primary N) is 1. The second-order valence-electron chi connectivity index (χ2n) is 5.36. The number of piperidine rings is 1. The maximum Gasteiger partial charge on any atom is 0.282 e. The van der Waals surface area contributed by atoms with Gasteiger partial charge in [-0.05, 0) is 25.7 Å². The van der Waals surface area contributed by atoms with E-state index < -0.39 is 10.2 Å². The van der Waals surface area contributed by atoms with Gasteiger partial charge in [0.25, 0.3) is 10.2 Å². The highest BCUT2D eigenvalue weighted by molar-refractivity contribution is 7.86. The molecule has 0 amide bonds. The van der Waals surface area contributed by atoms with Crippen molar-refractivity contribution in [2.24, 2.45) is 5.73 Å². The van der Waals surface area contributed by atoms with E-state index in [-0.39, 0.29) is 12.1 Å². The maximum atomic E-state index is 12.7. The fourth-order valence-electron chi connectivity index (χ4n) is 2.92. The molecule has 2 fully saturated rings. The third kappa shape index (κ3) is 3.28. The summed E-state index contributed by atoms with van der Waals surface area (Å²) in [6.07, 6.45) is 4.41. The molecule has 0 bridgehead atoms. The smallest absolute Gasteiger partial charge is 0.282 e. The quantitative estimate of drug-likeness (QED) is 0.800. The van der Waals surface area contributed by atoms with Crippen LogP contribution < -0.4 is 5.73 Å². The van der Waals surface area contributed by atoms with Crippen molar-refractivity contribution in [1.82, 2.24) is 8.61 Å². The largest absolute Gasteiger partial charge is 0.381 e. The Hall–Kier alpha value is -0.210. The highest BCUT2D eigenvalue weighted by Crippen LogP contribution is 2.24. The Balaban J connectivity index is 2.10. The van der Waals surface area contributed by atoms with E-state index in [2.05, 4.69) is 0 Å². The van der Waals surface area contributed by atoms with Crippen LogP contribution in [0.15, 0.2) is 0 Å². The van der Waals surface area contributed by atoms with E-state index in [4.69, 9.17) is 10.5 Å². The summed E-state index contributed by atoms with van der Waals surface area (Å²) in [5.74, 6) is 0. The minimum atomic E-state index is -3.39. The van der Waals surface area contributed by atoms with Crippen molar-refractivity contribution in [3.8, 4) is 0 Å². The van der Waals surface area contributed by atoms with Crippen LogP contribution in [-0.2, 0) is 14.9 Å². The molecule has 0 saturated carbocycles. The normalized spacial score (nSPS) is 27.8. The first-order chi connectivity index (χ1) is 9.07. The Kier molecular flexibility index (Phi) is 5.19. The molecule has 0 aromatic rings. The van der Waals surface area contributed by atoms with Crippen LogP contribution in [0.2, 0.25) is 0 Å². The first-order valence-corrected chi connectivity index (χ1v) is 8.49. The lowest BCUT2D eigenvalue weighted by Crippen LogP contribution is -2.54. The fourth-order valence-corrected chi connectivity index (χ4v) is 4.76. The molecule has 0 spiro atoms. The summed E-state index contributed by atoms with van der Waals surface area (Å²) >= 11 is 0. The molecule has 1 unspecified atom stereocenters. The van der Waals surface area contributed by atoms with Gasteiger partial charge in [-0.3, -0.25) is 0 Å². The van der Waals surface area contributed by atoms with E-state index >= 15 is 0 Å². The van der Waals surface area contributed by atoms with Crippen LogP contribution in [0.1, 0.15) is 32.1 Å². The second kappa shape index (κ2) is 6.49. The molecule has 2 saturated heterocycles. The van der Waals surface area contributed by atoms with Crippen molar-refractivity contribution in [2.45, 2.75) is 44.2 Å².